The Bertz CT molecular complexity index is 1260. The van der Waals surface area contributed by atoms with Gasteiger partial charge in [-0.15, -0.1) is 0 Å². The number of benzene rings is 2. The Balaban J connectivity index is 1.51. The lowest BCUT2D eigenvalue weighted by atomic mass is 9.73. The number of rotatable bonds is 4. The van der Waals surface area contributed by atoms with Crippen molar-refractivity contribution < 1.29 is 28.8 Å². The van der Waals surface area contributed by atoms with Gasteiger partial charge in [0.25, 0.3) is 5.69 Å². The van der Waals surface area contributed by atoms with Crippen LogP contribution in [0.2, 0.25) is 0 Å². The van der Waals surface area contributed by atoms with Crippen molar-refractivity contribution in [1.82, 2.24) is 0 Å². The highest BCUT2D eigenvalue weighted by Crippen LogP contribution is 2.48. The van der Waals surface area contributed by atoms with Crippen LogP contribution in [0.25, 0.3) is 0 Å². The minimum atomic E-state index is -0.741. The second-order valence-electron chi connectivity index (χ2n) is 8.53. The van der Waals surface area contributed by atoms with Crippen molar-refractivity contribution in [3.63, 3.8) is 0 Å². The first-order chi connectivity index (χ1) is 16.4. The third-order valence-corrected chi connectivity index (χ3v) is 6.34. The SMILES string of the molecule is O=C1CCCC2=C1C(c1cccc(OC(=O)c3cccc([N+](=O)[O-])c3)c1)C1=C(CCCC1=O)O2. The predicted octanol–water partition coefficient (Wildman–Crippen LogP) is 4.94. The van der Waals surface area contributed by atoms with E-state index in [4.69, 9.17) is 9.47 Å². The van der Waals surface area contributed by atoms with E-state index in [0.29, 0.717) is 66.8 Å². The number of allylic oxidation sites excluding steroid dienone is 4. The van der Waals surface area contributed by atoms with E-state index in [9.17, 15) is 24.5 Å². The number of esters is 1. The van der Waals surface area contributed by atoms with Gasteiger partial charge in [-0.25, -0.2) is 4.79 Å². The highest BCUT2D eigenvalue weighted by Gasteiger charge is 2.41. The van der Waals surface area contributed by atoms with Crippen LogP contribution in [0.15, 0.2) is 71.2 Å². The first-order valence-electron chi connectivity index (χ1n) is 11.2. The Morgan fingerprint density at radius 1 is 0.912 bits per heavy atom. The van der Waals surface area contributed by atoms with Gasteiger partial charge in [0, 0.05) is 54.9 Å². The summed E-state index contributed by atoms with van der Waals surface area (Å²) in [6, 6.07) is 12.0. The number of carbonyl (C=O) groups excluding carboxylic acids is 3. The number of hydrogen-bond donors (Lipinski definition) is 0. The largest absolute Gasteiger partial charge is 0.465 e. The van der Waals surface area contributed by atoms with Crippen LogP contribution in [-0.2, 0) is 14.3 Å². The van der Waals surface area contributed by atoms with Gasteiger partial charge in [-0.1, -0.05) is 18.2 Å². The average Bonchev–Trinajstić information content (AvgIpc) is 2.83. The molecule has 2 aliphatic carbocycles. The quantitative estimate of drug-likeness (QED) is 0.275. The van der Waals surface area contributed by atoms with Crippen molar-refractivity contribution in [3.8, 4) is 5.75 Å². The molecule has 0 N–H and O–H groups in total. The number of ether oxygens (including phenoxy) is 2. The van der Waals surface area contributed by atoms with Crippen LogP contribution in [0.1, 0.15) is 60.4 Å². The zero-order valence-corrected chi connectivity index (χ0v) is 18.2. The summed E-state index contributed by atoms with van der Waals surface area (Å²) < 4.78 is 11.5. The van der Waals surface area contributed by atoms with Crippen LogP contribution in [0.5, 0.6) is 5.75 Å². The van der Waals surface area contributed by atoms with E-state index in [0.717, 1.165) is 6.07 Å². The maximum absolute atomic E-state index is 12.9. The Labute approximate surface area is 195 Å². The van der Waals surface area contributed by atoms with Gasteiger partial charge in [-0.2, -0.15) is 0 Å². The van der Waals surface area contributed by atoms with Gasteiger partial charge < -0.3 is 9.47 Å². The second-order valence-corrected chi connectivity index (χ2v) is 8.53. The second kappa shape index (κ2) is 8.70. The van der Waals surface area contributed by atoms with Crippen molar-refractivity contribution in [3.05, 3.63) is 92.4 Å². The highest BCUT2D eigenvalue weighted by molar-refractivity contribution is 6.05. The van der Waals surface area contributed by atoms with Crippen LogP contribution in [0.3, 0.4) is 0 Å². The molecule has 1 heterocycles. The van der Waals surface area contributed by atoms with Crippen LogP contribution < -0.4 is 4.74 Å². The number of nitro benzene ring substituents is 1. The Kier molecular flexibility index (Phi) is 5.57. The summed E-state index contributed by atoms with van der Waals surface area (Å²) in [5.74, 6) is 0.120. The molecule has 0 fully saturated rings. The summed E-state index contributed by atoms with van der Waals surface area (Å²) in [7, 11) is 0. The van der Waals surface area contributed by atoms with Crippen LogP contribution in [0, 0.1) is 10.1 Å². The van der Waals surface area contributed by atoms with Crippen LogP contribution >= 0.6 is 0 Å². The zero-order valence-electron chi connectivity index (χ0n) is 18.2. The van der Waals surface area contributed by atoms with Crippen molar-refractivity contribution in [2.45, 2.75) is 44.4 Å². The molecule has 0 atom stereocenters. The lowest BCUT2D eigenvalue weighted by molar-refractivity contribution is -0.384. The molecular formula is C26H21NO7. The average molecular weight is 459 g/mol. The van der Waals surface area contributed by atoms with E-state index in [-0.39, 0.29) is 28.6 Å². The van der Waals surface area contributed by atoms with E-state index in [1.807, 2.05) is 0 Å². The summed E-state index contributed by atoms with van der Waals surface area (Å²) in [4.78, 5) is 48.9. The molecule has 5 rings (SSSR count). The summed E-state index contributed by atoms with van der Waals surface area (Å²) in [6.45, 7) is 0. The standard InChI is InChI=1S/C26H21NO7/c28-19-9-3-11-21-24(19)23(25-20(29)10-4-12-22(25)34-21)15-5-2-8-18(14-15)33-26(30)16-6-1-7-17(13-16)27(31)32/h1-2,5-8,13-14,23H,3-4,9-12H2. The molecule has 0 aromatic heterocycles. The van der Waals surface area contributed by atoms with E-state index >= 15 is 0 Å². The maximum Gasteiger partial charge on any atom is 0.343 e. The molecule has 8 nitrogen and oxygen atoms in total. The fourth-order valence-corrected chi connectivity index (χ4v) is 4.82. The van der Waals surface area contributed by atoms with Crippen molar-refractivity contribution in [1.29, 1.82) is 0 Å². The van der Waals surface area contributed by atoms with E-state index in [1.54, 1.807) is 24.3 Å². The minimum absolute atomic E-state index is 0.0323. The van der Waals surface area contributed by atoms with E-state index in [2.05, 4.69) is 0 Å². The summed E-state index contributed by atoms with van der Waals surface area (Å²) in [5.41, 5.74) is 1.53. The van der Waals surface area contributed by atoms with Crippen LogP contribution in [-0.4, -0.2) is 22.5 Å². The minimum Gasteiger partial charge on any atom is -0.465 e. The molecule has 0 radical (unpaired) electrons. The molecule has 0 saturated heterocycles. The molecule has 0 bridgehead atoms. The van der Waals surface area contributed by atoms with Crippen molar-refractivity contribution in [2.75, 3.05) is 0 Å². The van der Waals surface area contributed by atoms with Gasteiger partial charge >= 0.3 is 5.97 Å². The molecule has 172 valence electrons. The van der Waals surface area contributed by atoms with Gasteiger partial charge in [0.05, 0.1) is 10.5 Å². The molecule has 8 heteroatoms. The van der Waals surface area contributed by atoms with Gasteiger partial charge in [0.2, 0.25) is 0 Å². The fraction of sp³-hybridized carbons (Fsp3) is 0.269. The van der Waals surface area contributed by atoms with Gasteiger partial charge in [0.15, 0.2) is 11.6 Å². The number of hydrogen-bond acceptors (Lipinski definition) is 7. The Morgan fingerprint density at radius 2 is 1.56 bits per heavy atom. The molecule has 0 spiro atoms. The Hall–Kier alpha value is -4.07. The number of non-ortho nitro benzene ring substituents is 1. The molecule has 2 aromatic carbocycles. The molecule has 0 unspecified atom stereocenters. The van der Waals surface area contributed by atoms with Crippen molar-refractivity contribution in [2.24, 2.45) is 0 Å². The normalized spacial score (nSPS) is 18.2. The number of Topliss-reactive ketones (excluding diaryl/α,β-unsaturated/α-hetero) is 2. The Morgan fingerprint density at radius 3 is 2.21 bits per heavy atom. The lowest BCUT2D eigenvalue weighted by Crippen LogP contribution is -2.30. The van der Waals surface area contributed by atoms with Gasteiger partial charge in [-0.05, 0) is 36.6 Å². The zero-order chi connectivity index (χ0) is 23.8. The molecular weight excluding hydrogens is 438 g/mol. The van der Waals surface area contributed by atoms with Gasteiger partial charge in [-0.3, -0.25) is 19.7 Å². The topological polar surface area (TPSA) is 113 Å². The van der Waals surface area contributed by atoms with E-state index < -0.39 is 16.8 Å². The summed E-state index contributed by atoms with van der Waals surface area (Å²) >= 11 is 0. The molecule has 34 heavy (non-hydrogen) atoms. The predicted molar refractivity (Wildman–Crippen MR) is 120 cm³/mol. The van der Waals surface area contributed by atoms with Crippen molar-refractivity contribution >= 4 is 23.2 Å². The molecule has 0 amide bonds. The summed E-state index contributed by atoms with van der Waals surface area (Å²) in [5, 5.41) is 11.0. The molecule has 0 saturated carbocycles. The number of ketones is 2. The lowest BCUT2D eigenvalue weighted by Gasteiger charge is -2.36. The first-order valence-corrected chi connectivity index (χ1v) is 11.2. The van der Waals surface area contributed by atoms with Gasteiger partial charge in [0.1, 0.15) is 17.3 Å². The third kappa shape index (κ3) is 3.91. The highest BCUT2D eigenvalue weighted by atomic mass is 16.6. The maximum atomic E-state index is 12.9. The molecule has 1 aliphatic heterocycles. The fourth-order valence-electron chi connectivity index (χ4n) is 4.82. The van der Waals surface area contributed by atoms with Crippen LogP contribution in [0.4, 0.5) is 5.69 Å². The first kappa shape index (κ1) is 21.8. The number of nitrogens with zero attached hydrogens (tertiary/aromatic N) is 1. The number of carbonyl (C=O) groups is 3. The monoisotopic (exact) mass is 459 g/mol. The molecule has 3 aliphatic rings. The smallest absolute Gasteiger partial charge is 0.343 e. The van der Waals surface area contributed by atoms with E-state index in [1.165, 1.54) is 18.2 Å². The third-order valence-electron chi connectivity index (χ3n) is 6.34. The molecule has 2 aromatic rings. The number of nitro groups is 1. The summed E-state index contributed by atoms with van der Waals surface area (Å²) in [6.07, 6.45) is 3.51.